The van der Waals surface area contributed by atoms with E-state index in [1.165, 1.54) is 37.1 Å². The van der Waals surface area contributed by atoms with Crippen LogP contribution < -0.4 is 15.5 Å². The Bertz CT molecular complexity index is 890. The highest BCUT2D eigenvalue weighted by atomic mass is 19.1. The molecule has 2 aliphatic heterocycles. The van der Waals surface area contributed by atoms with Gasteiger partial charge in [-0.05, 0) is 54.8 Å². The largest absolute Gasteiger partial charge is 0.378 e. The number of ether oxygens (including phenoxy) is 1. The monoisotopic (exact) mass is 439 g/mol. The number of likely N-dealkylation sites (tertiary alicyclic amines) is 1. The molecule has 2 heterocycles. The van der Waals surface area contributed by atoms with Crippen LogP contribution in [0.5, 0.6) is 0 Å². The van der Waals surface area contributed by atoms with E-state index in [9.17, 15) is 4.39 Å². The first-order valence-electron chi connectivity index (χ1n) is 11.6. The van der Waals surface area contributed by atoms with Crippen molar-refractivity contribution in [1.29, 1.82) is 0 Å². The SMILES string of the molecule is CN=C(NCc1ccc(CN2CCCC2)cc1)NCc1ccc(N2CCOCC2)c(F)c1. The minimum absolute atomic E-state index is 0.192. The summed E-state index contributed by atoms with van der Waals surface area (Å²) in [7, 11) is 1.75. The number of hydrogen-bond acceptors (Lipinski definition) is 4. The molecule has 2 aromatic carbocycles. The van der Waals surface area contributed by atoms with E-state index in [-0.39, 0.29) is 5.82 Å². The van der Waals surface area contributed by atoms with E-state index in [4.69, 9.17) is 4.74 Å². The zero-order chi connectivity index (χ0) is 22.2. The maximum atomic E-state index is 14.6. The van der Waals surface area contributed by atoms with E-state index in [1.807, 2.05) is 17.0 Å². The Kier molecular flexibility index (Phi) is 7.96. The molecule has 0 spiro atoms. The van der Waals surface area contributed by atoms with Crippen LogP contribution in [0, 0.1) is 5.82 Å². The minimum atomic E-state index is -0.192. The molecule has 2 aromatic rings. The van der Waals surface area contributed by atoms with Gasteiger partial charge in [0.15, 0.2) is 5.96 Å². The summed E-state index contributed by atoms with van der Waals surface area (Å²) in [6, 6.07) is 14.2. The smallest absolute Gasteiger partial charge is 0.191 e. The third-order valence-electron chi connectivity index (χ3n) is 6.14. The number of nitrogens with one attached hydrogen (secondary N) is 2. The second-order valence-electron chi connectivity index (χ2n) is 8.46. The van der Waals surface area contributed by atoms with Gasteiger partial charge in [-0.2, -0.15) is 0 Å². The lowest BCUT2D eigenvalue weighted by Crippen LogP contribution is -2.37. The summed E-state index contributed by atoms with van der Waals surface area (Å²) in [4.78, 5) is 8.83. The molecule has 0 atom stereocenters. The summed E-state index contributed by atoms with van der Waals surface area (Å²) in [5.41, 5.74) is 4.10. The molecule has 6 nitrogen and oxygen atoms in total. The second-order valence-corrected chi connectivity index (χ2v) is 8.46. The number of benzene rings is 2. The summed E-state index contributed by atoms with van der Waals surface area (Å²) < 4.78 is 20.0. The number of guanidine groups is 1. The fourth-order valence-corrected chi connectivity index (χ4v) is 4.27. The molecule has 2 fully saturated rings. The van der Waals surface area contributed by atoms with Gasteiger partial charge in [-0.15, -0.1) is 0 Å². The van der Waals surface area contributed by atoms with Gasteiger partial charge in [0.1, 0.15) is 5.82 Å². The normalized spacial score (nSPS) is 17.6. The third kappa shape index (κ3) is 6.20. The van der Waals surface area contributed by atoms with Crippen molar-refractivity contribution in [3.05, 3.63) is 65.0 Å². The lowest BCUT2D eigenvalue weighted by Gasteiger charge is -2.29. The summed E-state index contributed by atoms with van der Waals surface area (Å²) >= 11 is 0. The quantitative estimate of drug-likeness (QED) is 0.513. The molecule has 0 bridgehead atoms. The van der Waals surface area contributed by atoms with Crippen molar-refractivity contribution in [3.8, 4) is 0 Å². The van der Waals surface area contributed by atoms with E-state index in [0.29, 0.717) is 38.0 Å². The van der Waals surface area contributed by atoms with Crippen LogP contribution in [-0.4, -0.2) is 57.3 Å². The zero-order valence-corrected chi connectivity index (χ0v) is 18.9. The number of aliphatic imine (C=N–C) groups is 1. The molecule has 4 rings (SSSR count). The third-order valence-corrected chi connectivity index (χ3v) is 6.14. The molecule has 0 saturated carbocycles. The van der Waals surface area contributed by atoms with Gasteiger partial charge in [-0.25, -0.2) is 4.39 Å². The summed E-state index contributed by atoms with van der Waals surface area (Å²) in [6.07, 6.45) is 2.64. The van der Waals surface area contributed by atoms with Gasteiger partial charge in [-0.1, -0.05) is 30.3 Å². The molecule has 0 radical (unpaired) electrons. The number of anilines is 1. The van der Waals surface area contributed by atoms with E-state index < -0.39 is 0 Å². The zero-order valence-electron chi connectivity index (χ0n) is 18.9. The van der Waals surface area contributed by atoms with Gasteiger partial charge >= 0.3 is 0 Å². The molecule has 2 saturated heterocycles. The van der Waals surface area contributed by atoms with Crippen LogP contribution in [-0.2, 0) is 24.4 Å². The van der Waals surface area contributed by atoms with E-state index in [1.54, 1.807) is 13.1 Å². The van der Waals surface area contributed by atoms with Crippen molar-refractivity contribution in [2.24, 2.45) is 4.99 Å². The number of nitrogens with zero attached hydrogens (tertiary/aromatic N) is 3. The fraction of sp³-hybridized carbons (Fsp3) is 0.480. The van der Waals surface area contributed by atoms with Crippen LogP contribution in [0.15, 0.2) is 47.5 Å². The van der Waals surface area contributed by atoms with Gasteiger partial charge in [0, 0.05) is 39.8 Å². The van der Waals surface area contributed by atoms with Crippen molar-refractivity contribution in [3.63, 3.8) is 0 Å². The maximum Gasteiger partial charge on any atom is 0.191 e. The summed E-state index contributed by atoms with van der Waals surface area (Å²) in [5, 5.41) is 6.61. The first kappa shape index (κ1) is 22.6. The number of hydrogen-bond donors (Lipinski definition) is 2. The molecule has 2 N–H and O–H groups in total. The van der Waals surface area contributed by atoms with Crippen molar-refractivity contribution in [1.82, 2.24) is 15.5 Å². The highest BCUT2D eigenvalue weighted by molar-refractivity contribution is 5.79. The van der Waals surface area contributed by atoms with Crippen molar-refractivity contribution in [2.45, 2.75) is 32.5 Å². The minimum Gasteiger partial charge on any atom is -0.378 e. The Morgan fingerprint density at radius 1 is 0.906 bits per heavy atom. The number of halogens is 1. The molecular formula is C25H34FN5O. The van der Waals surface area contributed by atoms with Crippen LogP contribution in [0.25, 0.3) is 0 Å². The Labute approximate surface area is 190 Å². The predicted molar refractivity (Wildman–Crippen MR) is 127 cm³/mol. The average molecular weight is 440 g/mol. The molecule has 0 amide bonds. The lowest BCUT2D eigenvalue weighted by molar-refractivity contribution is 0.122. The van der Waals surface area contributed by atoms with Gasteiger partial charge in [-0.3, -0.25) is 9.89 Å². The number of rotatable bonds is 7. The first-order valence-corrected chi connectivity index (χ1v) is 11.6. The standard InChI is InChI=1S/C25H34FN5O/c1-27-25(28-17-20-4-6-21(7-5-20)19-30-10-2-3-11-30)29-18-22-8-9-24(23(26)16-22)31-12-14-32-15-13-31/h4-9,16H,2-3,10-15,17-19H2,1H3,(H2,27,28,29). The fourth-order valence-electron chi connectivity index (χ4n) is 4.27. The van der Waals surface area contributed by atoms with Crippen molar-refractivity contribution >= 4 is 11.6 Å². The van der Waals surface area contributed by atoms with E-state index in [2.05, 4.69) is 44.8 Å². The highest BCUT2D eigenvalue weighted by Gasteiger charge is 2.15. The highest BCUT2D eigenvalue weighted by Crippen LogP contribution is 2.21. The Balaban J connectivity index is 1.24. The van der Waals surface area contributed by atoms with Gasteiger partial charge < -0.3 is 20.3 Å². The Hall–Kier alpha value is -2.64. The summed E-state index contributed by atoms with van der Waals surface area (Å²) in [5.74, 6) is 0.506. The molecule has 2 aliphatic rings. The molecule has 0 aromatic heterocycles. The number of morpholine rings is 1. The van der Waals surface area contributed by atoms with Gasteiger partial charge in [0.25, 0.3) is 0 Å². The van der Waals surface area contributed by atoms with Crippen LogP contribution in [0.2, 0.25) is 0 Å². The molecule has 7 heteroatoms. The topological polar surface area (TPSA) is 52.1 Å². The molecule has 0 unspecified atom stereocenters. The summed E-state index contributed by atoms with van der Waals surface area (Å²) in [6.45, 7) is 7.41. The van der Waals surface area contributed by atoms with Crippen LogP contribution >= 0.6 is 0 Å². The van der Waals surface area contributed by atoms with Crippen LogP contribution in [0.3, 0.4) is 0 Å². The molecule has 172 valence electrons. The van der Waals surface area contributed by atoms with Gasteiger partial charge in [0.2, 0.25) is 0 Å². The Morgan fingerprint density at radius 2 is 1.53 bits per heavy atom. The molecule has 32 heavy (non-hydrogen) atoms. The average Bonchev–Trinajstić information content (AvgIpc) is 3.34. The Morgan fingerprint density at radius 3 is 2.19 bits per heavy atom. The maximum absolute atomic E-state index is 14.6. The van der Waals surface area contributed by atoms with Crippen molar-refractivity contribution in [2.75, 3.05) is 51.3 Å². The second kappa shape index (κ2) is 11.3. The van der Waals surface area contributed by atoms with Crippen LogP contribution in [0.1, 0.15) is 29.5 Å². The van der Waals surface area contributed by atoms with Gasteiger partial charge in [0.05, 0.1) is 18.9 Å². The molecule has 0 aliphatic carbocycles. The van der Waals surface area contributed by atoms with Crippen molar-refractivity contribution < 1.29 is 9.13 Å². The predicted octanol–water partition coefficient (Wildman–Crippen LogP) is 3.12. The van der Waals surface area contributed by atoms with E-state index >= 15 is 0 Å². The lowest BCUT2D eigenvalue weighted by atomic mass is 10.1. The van der Waals surface area contributed by atoms with E-state index in [0.717, 1.165) is 25.2 Å². The molecular weight excluding hydrogens is 405 g/mol. The first-order chi connectivity index (χ1) is 15.7. The van der Waals surface area contributed by atoms with Crippen LogP contribution in [0.4, 0.5) is 10.1 Å².